The third kappa shape index (κ3) is 5.89. The summed E-state index contributed by atoms with van der Waals surface area (Å²) in [7, 11) is -2.99. The molecule has 0 spiro atoms. The highest BCUT2D eigenvalue weighted by Crippen LogP contribution is 2.34. The third-order valence-corrected chi connectivity index (χ3v) is 7.19. The summed E-state index contributed by atoms with van der Waals surface area (Å²) in [6.45, 7) is 3.57. The lowest BCUT2D eigenvalue weighted by atomic mass is 9.99. The summed E-state index contributed by atoms with van der Waals surface area (Å²) in [5.41, 5.74) is -1.02. The Labute approximate surface area is 217 Å². The van der Waals surface area contributed by atoms with E-state index in [0.29, 0.717) is 12.0 Å². The number of carbonyl (C=O) groups is 1. The molecule has 1 aromatic heterocycles. The summed E-state index contributed by atoms with van der Waals surface area (Å²) in [5, 5.41) is 5.22. The molecule has 1 heterocycles. The zero-order valence-corrected chi connectivity index (χ0v) is 21.4. The van der Waals surface area contributed by atoms with Crippen LogP contribution < -0.4 is 20.1 Å². The maximum atomic E-state index is 15.4. The van der Waals surface area contributed by atoms with E-state index >= 15 is 13.2 Å². The van der Waals surface area contributed by atoms with Crippen LogP contribution in [0.3, 0.4) is 0 Å². The van der Waals surface area contributed by atoms with E-state index < -0.39 is 57.3 Å². The fraction of sp³-hybridized carbons (Fsp3) is 0.280. The molecule has 3 aromatic rings. The van der Waals surface area contributed by atoms with Gasteiger partial charge in [0.05, 0.1) is 16.9 Å². The van der Waals surface area contributed by atoms with Gasteiger partial charge in [-0.3, -0.25) is 9.52 Å². The van der Waals surface area contributed by atoms with Crippen LogP contribution in [0.1, 0.15) is 40.4 Å². The highest BCUT2D eigenvalue weighted by Gasteiger charge is 2.35. The molecule has 4 rings (SSSR count). The van der Waals surface area contributed by atoms with Gasteiger partial charge in [-0.2, -0.15) is 8.42 Å². The number of pyridine rings is 1. The van der Waals surface area contributed by atoms with Crippen LogP contribution in [0.5, 0.6) is 0 Å². The number of nitrogens with one attached hydrogen (secondary N) is 4. The van der Waals surface area contributed by atoms with E-state index in [-0.39, 0.29) is 34.3 Å². The maximum absolute atomic E-state index is 15.4. The summed E-state index contributed by atoms with van der Waals surface area (Å²) in [6, 6.07) is 6.17. The lowest BCUT2D eigenvalue weighted by Gasteiger charge is -2.17. The van der Waals surface area contributed by atoms with Crippen molar-refractivity contribution in [3.05, 3.63) is 82.1 Å². The molecule has 4 N–H and O–H groups in total. The molecule has 1 aliphatic carbocycles. The van der Waals surface area contributed by atoms with E-state index in [9.17, 15) is 17.6 Å². The van der Waals surface area contributed by atoms with Gasteiger partial charge in [0.25, 0.3) is 16.1 Å². The van der Waals surface area contributed by atoms with E-state index in [1.165, 1.54) is 18.2 Å². The molecule has 0 radical (unpaired) electrons. The van der Waals surface area contributed by atoms with E-state index in [1.807, 2.05) is 16.4 Å². The number of amides is 1. The smallest absolute Gasteiger partial charge is 0.300 e. The van der Waals surface area contributed by atoms with Gasteiger partial charge in [-0.05, 0) is 60.2 Å². The lowest BCUT2D eigenvalue weighted by molar-refractivity contribution is 0.0949. The van der Waals surface area contributed by atoms with Gasteiger partial charge in [0.2, 0.25) is 0 Å². The minimum atomic E-state index is -4.10. The largest absolute Gasteiger partial charge is 0.350 e. The number of carbonyl (C=O) groups excluding carboxylic acids is 1. The van der Waals surface area contributed by atoms with Crippen LogP contribution in [-0.4, -0.2) is 32.4 Å². The van der Waals surface area contributed by atoms with Crippen molar-refractivity contribution >= 4 is 33.3 Å². The van der Waals surface area contributed by atoms with Gasteiger partial charge in [-0.25, -0.2) is 27.3 Å². The molecule has 202 valence electrons. The lowest BCUT2D eigenvalue weighted by Crippen LogP contribution is -2.28. The molecule has 2 atom stereocenters. The van der Waals surface area contributed by atoms with Crippen molar-refractivity contribution in [3.8, 4) is 0 Å². The van der Waals surface area contributed by atoms with Gasteiger partial charge in [0.15, 0.2) is 23.3 Å². The van der Waals surface area contributed by atoms with E-state index in [4.69, 9.17) is 0 Å². The normalized spacial score (nSPS) is 16.7. The fourth-order valence-corrected chi connectivity index (χ4v) is 4.31. The average molecular weight is 552 g/mol. The first-order valence-electron chi connectivity index (χ1n) is 11.6. The van der Waals surface area contributed by atoms with Crippen LogP contribution in [0.4, 0.5) is 34.8 Å². The molecule has 1 saturated carbocycles. The van der Waals surface area contributed by atoms with Gasteiger partial charge in [0.1, 0.15) is 5.82 Å². The van der Waals surface area contributed by atoms with Gasteiger partial charge in [-0.1, -0.05) is 13.0 Å². The van der Waals surface area contributed by atoms with Crippen molar-refractivity contribution in [1.82, 2.24) is 15.0 Å². The fourth-order valence-electron chi connectivity index (χ4n) is 3.81. The second-order valence-electron chi connectivity index (χ2n) is 9.11. The number of halogens is 4. The standard InChI is InChI=1S/C25H25F4N5O3S/c1-12-4-5-18(17(26)8-12)32-23-16(25(35)33-19-9-13(19)2)11-15(20(27)22(23)29)10-14-6-7-31-24(21(14)28)34-38(36,37)30-3/h4-8,11,13,19,30,32H,9-10H2,1-3H3,(H,31,34)(H,33,35). The molecule has 38 heavy (non-hydrogen) atoms. The van der Waals surface area contributed by atoms with Crippen molar-refractivity contribution in [2.75, 3.05) is 17.1 Å². The van der Waals surface area contributed by atoms with Crippen LogP contribution in [0.25, 0.3) is 0 Å². The van der Waals surface area contributed by atoms with Crippen LogP contribution in [-0.2, 0) is 16.6 Å². The molecule has 8 nitrogen and oxygen atoms in total. The van der Waals surface area contributed by atoms with Crippen molar-refractivity contribution in [2.45, 2.75) is 32.7 Å². The minimum Gasteiger partial charge on any atom is -0.350 e. The highest BCUT2D eigenvalue weighted by molar-refractivity contribution is 7.90. The Balaban J connectivity index is 1.75. The summed E-state index contributed by atoms with van der Waals surface area (Å²) in [4.78, 5) is 16.7. The second kappa shape index (κ2) is 10.6. The monoisotopic (exact) mass is 551 g/mol. The molecule has 2 unspecified atom stereocenters. The molecule has 0 saturated heterocycles. The van der Waals surface area contributed by atoms with Crippen LogP contribution in [0, 0.1) is 36.1 Å². The predicted octanol–water partition coefficient (Wildman–Crippen LogP) is 4.30. The van der Waals surface area contributed by atoms with Crippen molar-refractivity contribution in [3.63, 3.8) is 0 Å². The van der Waals surface area contributed by atoms with E-state index in [2.05, 4.69) is 15.6 Å². The molecule has 0 aliphatic heterocycles. The Kier molecular flexibility index (Phi) is 7.61. The highest BCUT2D eigenvalue weighted by atomic mass is 32.2. The zero-order chi connectivity index (χ0) is 27.8. The molecule has 0 bridgehead atoms. The number of benzene rings is 2. The molecular formula is C25H25F4N5O3S. The molecule has 1 fully saturated rings. The first kappa shape index (κ1) is 27.3. The molecule has 13 heteroatoms. The Bertz CT molecular complexity index is 1520. The predicted molar refractivity (Wildman–Crippen MR) is 134 cm³/mol. The molecule has 1 aliphatic rings. The van der Waals surface area contributed by atoms with Gasteiger partial charge < -0.3 is 10.6 Å². The zero-order valence-electron chi connectivity index (χ0n) is 20.6. The summed E-state index contributed by atoms with van der Waals surface area (Å²) in [6.07, 6.45) is 1.27. The van der Waals surface area contributed by atoms with Gasteiger partial charge in [0, 0.05) is 25.7 Å². The SMILES string of the molecule is CNS(=O)(=O)Nc1nccc(Cc2cc(C(=O)NC3CC3C)c(Nc3ccc(C)cc3F)c(F)c2F)c1F. The van der Waals surface area contributed by atoms with Crippen LogP contribution in [0.2, 0.25) is 0 Å². The summed E-state index contributed by atoms with van der Waals surface area (Å²) in [5.74, 6) is -5.83. The second-order valence-corrected chi connectivity index (χ2v) is 10.7. The van der Waals surface area contributed by atoms with Crippen LogP contribution >= 0.6 is 0 Å². The first-order valence-corrected chi connectivity index (χ1v) is 13.1. The van der Waals surface area contributed by atoms with E-state index in [1.54, 1.807) is 13.0 Å². The number of aromatic nitrogens is 1. The summed E-state index contributed by atoms with van der Waals surface area (Å²) >= 11 is 0. The van der Waals surface area contributed by atoms with Gasteiger partial charge >= 0.3 is 0 Å². The van der Waals surface area contributed by atoms with Crippen molar-refractivity contribution in [2.24, 2.45) is 5.92 Å². The van der Waals surface area contributed by atoms with Crippen molar-refractivity contribution in [1.29, 1.82) is 0 Å². The Morgan fingerprint density at radius 2 is 1.76 bits per heavy atom. The number of hydrogen-bond acceptors (Lipinski definition) is 5. The molecule has 2 aromatic carbocycles. The Hall–Kier alpha value is -3.71. The quantitative estimate of drug-likeness (QED) is 0.297. The van der Waals surface area contributed by atoms with Gasteiger partial charge in [-0.15, -0.1) is 0 Å². The number of nitrogens with zero attached hydrogens (tertiary/aromatic N) is 1. The van der Waals surface area contributed by atoms with Crippen molar-refractivity contribution < 1.29 is 30.8 Å². The third-order valence-electron chi connectivity index (χ3n) is 6.19. The first-order chi connectivity index (χ1) is 17.9. The minimum absolute atomic E-state index is 0.150. The molecular weight excluding hydrogens is 526 g/mol. The Morgan fingerprint density at radius 1 is 1.05 bits per heavy atom. The van der Waals surface area contributed by atoms with E-state index in [0.717, 1.165) is 19.3 Å². The molecule has 1 amide bonds. The number of rotatable bonds is 9. The maximum Gasteiger partial charge on any atom is 0.300 e. The number of anilines is 3. The average Bonchev–Trinajstić information content (AvgIpc) is 3.56. The topological polar surface area (TPSA) is 112 Å². The number of hydrogen-bond donors (Lipinski definition) is 4. The van der Waals surface area contributed by atoms with Crippen LogP contribution in [0.15, 0.2) is 36.5 Å². The Morgan fingerprint density at radius 3 is 2.39 bits per heavy atom. The number of aryl methyl sites for hydroxylation is 1. The summed E-state index contributed by atoms with van der Waals surface area (Å²) < 4.78 is 87.5.